The molecular formula is C17H28IN7. The van der Waals surface area contributed by atoms with Gasteiger partial charge in [-0.15, -0.1) is 34.2 Å². The van der Waals surface area contributed by atoms with E-state index >= 15 is 0 Å². The molecule has 25 heavy (non-hydrogen) atoms. The van der Waals surface area contributed by atoms with Crippen LogP contribution in [0.2, 0.25) is 0 Å². The lowest BCUT2D eigenvalue weighted by atomic mass is 10.1. The van der Waals surface area contributed by atoms with Crippen LogP contribution in [0.4, 0.5) is 0 Å². The average molecular weight is 457 g/mol. The third kappa shape index (κ3) is 4.53. The highest BCUT2D eigenvalue weighted by molar-refractivity contribution is 14.0. The molecule has 0 saturated carbocycles. The minimum atomic E-state index is 0. The molecule has 3 heterocycles. The molecule has 138 valence electrons. The highest BCUT2D eigenvalue weighted by atomic mass is 127. The minimum Gasteiger partial charge on any atom is -0.353 e. The van der Waals surface area contributed by atoms with Gasteiger partial charge in [0.1, 0.15) is 11.6 Å². The van der Waals surface area contributed by atoms with Gasteiger partial charge in [-0.3, -0.25) is 4.99 Å². The minimum absolute atomic E-state index is 0. The number of aliphatic imine (C=N–C) groups is 1. The SMILES string of the molecule is CN=C(NCc1cccn1C)NC1CCc2nnc(C(C)C)n2C1.I. The monoisotopic (exact) mass is 457 g/mol. The molecule has 1 atom stereocenters. The molecule has 1 aliphatic heterocycles. The third-order valence-corrected chi connectivity index (χ3v) is 4.54. The zero-order valence-electron chi connectivity index (χ0n) is 15.4. The number of halogens is 1. The van der Waals surface area contributed by atoms with Crippen molar-refractivity contribution < 1.29 is 0 Å². The van der Waals surface area contributed by atoms with Gasteiger partial charge >= 0.3 is 0 Å². The van der Waals surface area contributed by atoms with E-state index in [9.17, 15) is 0 Å². The fourth-order valence-corrected chi connectivity index (χ4v) is 3.14. The van der Waals surface area contributed by atoms with Crippen molar-refractivity contribution in [2.75, 3.05) is 7.05 Å². The van der Waals surface area contributed by atoms with Crippen molar-refractivity contribution >= 4 is 29.9 Å². The van der Waals surface area contributed by atoms with E-state index in [1.54, 1.807) is 0 Å². The van der Waals surface area contributed by atoms with Gasteiger partial charge in [-0.1, -0.05) is 13.8 Å². The topological polar surface area (TPSA) is 72.1 Å². The molecule has 2 aromatic heterocycles. The molecule has 3 rings (SSSR count). The molecule has 7 nitrogen and oxygen atoms in total. The summed E-state index contributed by atoms with van der Waals surface area (Å²) in [6.45, 7) is 5.97. The maximum Gasteiger partial charge on any atom is 0.191 e. The Labute approximate surface area is 166 Å². The van der Waals surface area contributed by atoms with Crippen molar-refractivity contribution in [2.24, 2.45) is 12.0 Å². The number of aromatic nitrogens is 4. The van der Waals surface area contributed by atoms with E-state index in [2.05, 4.69) is 74.2 Å². The number of hydrogen-bond acceptors (Lipinski definition) is 3. The van der Waals surface area contributed by atoms with Crippen molar-refractivity contribution in [3.8, 4) is 0 Å². The predicted molar refractivity (Wildman–Crippen MR) is 110 cm³/mol. The average Bonchev–Trinajstić information content (AvgIpc) is 3.17. The Morgan fingerprint density at radius 1 is 1.40 bits per heavy atom. The van der Waals surface area contributed by atoms with Crippen LogP contribution in [0.5, 0.6) is 0 Å². The van der Waals surface area contributed by atoms with E-state index in [1.807, 2.05) is 7.05 Å². The summed E-state index contributed by atoms with van der Waals surface area (Å²) in [5.74, 6) is 3.40. The van der Waals surface area contributed by atoms with Gasteiger partial charge in [0.05, 0.1) is 6.54 Å². The Hall–Kier alpha value is -1.58. The Morgan fingerprint density at radius 3 is 2.84 bits per heavy atom. The molecule has 0 fully saturated rings. The van der Waals surface area contributed by atoms with E-state index in [4.69, 9.17) is 0 Å². The zero-order chi connectivity index (χ0) is 17.1. The van der Waals surface area contributed by atoms with Gasteiger partial charge in [0.2, 0.25) is 0 Å². The normalized spacial score (nSPS) is 17.2. The predicted octanol–water partition coefficient (Wildman–Crippen LogP) is 2.04. The van der Waals surface area contributed by atoms with Crippen molar-refractivity contribution in [3.05, 3.63) is 35.7 Å². The van der Waals surface area contributed by atoms with Crippen LogP contribution in [0.3, 0.4) is 0 Å². The number of rotatable bonds is 4. The van der Waals surface area contributed by atoms with Gasteiger partial charge in [-0.05, 0) is 18.6 Å². The largest absolute Gasteiger partial charge is 0.353 e. The Morgan fingerprint density at radius 2 is 2.20 bits per heavy atom. The molecule has 0 aliphatic carbocycles. The second-order valence-corrected chi connectivity index (χ2v) is 6.66. The van der Waals surface area contributed by atoms with Crippen molar-refractivity contribution in [1.82, 2.24) is 30.0 Å². The van der Waals surface area contributed by atoms with Crippen molar-refractivity contribution in [2.45, 2.75) is 51.7 Å². The summed E-state index contributed by atoms with van der Waals surface area (Å²) in [5.41, 5.74) is 1.23. The second kappa shape index (κ2) is 8.68. The molecule has 8 heteroatoms. The lowest BCUT2D eigenvalue weighted by molar-refractivity contribution is 0.407. The number of hydrogen-bond donors (Lipinski definition) is 2. The first-order valence-corrected chi connectivity index (χ1v) is 8.58. The third-order valence-electron chi connectivity index (χ3n) is 4.54. The summed E-state index contributed by atoms with van der Waals surface area (Å²) >= 11 is 0. The first-order chi connectivity index (χ1) is 11.6. The Kier molecular flexibility index (Phi) is 6.86. The maximum atomic E-state index is 4.36. The number of fused-ring (bicyclic) bond motifs is 1. The van der Waals surface area contributed by atoms with Crippen LogP contribution in [0, 0.1) is 0 Å². The molecule has 2 N–H and O–H groups in total. The number of guanidine groups is 1. The van der Waals surface area contributed by atoms with E-state index in [0.29, 0.717) is 12.0 Å². The summed E-state index contributed by atoms with van der Waals surface area (Å²) in [6.07, 6.45) is 4.04. The second-order valence-electron chi connectivity index (χ2n) is 6.66. The first kappa shape index (κ1) is 19.7. The lowest BCUT2D eigenvalue weighted by Crippen LogP contribution is -2.47. The standard InChI is InChI=1S/C17H27N7.HI/c1-12(2)16-22-21-15-8-7-13(11-24(15)16)20-17(18-3)19-10-14-6-5-9-23(14)4;/h5-6,9,12-13H,7-8,10-11H2,1-4H3,(H2,18,19,20);1H. The van der Waals surface area contributed by atoms with Crippen molar-refractivity contribution in [3.63, 3.8) is 0 Å². The smallest absolute Gasteiger partial charge is 0.191 e. The Balaban J connectivity index is 0.00000225. The molecule has 1 aliphatic rings. The summed E-state index contributed by atoms with van der Waals surface area (Å²) in [6, 6.07) is 4.50. The molecule has 0 amide bonds. The van der Waals surface area contributed by atoms with E-state index < -0.39 is 0 Å². The first-order valence-electron chi connectivity index (χ1n) is 8.58. The number of nitrogens with zero attached hydrogens (tertiary/aromatic N) is 5. The van der Waals surface area contributed by atoms with Crippen LogP contribution in [-0.2, 0) is 26.6 Å². The van der Waals surface area contributed by atoms with E-state index in [1.165, 1.54) is 5.69 Å². The van der Waals surface area contributed by atoms with Gasteiger partial charge < -0.3 is 19.8 Å². The number of aryl methyl sites for hydroxylation is 2. The van der Waals surface area contributed by atoms with Crippen molar-refractivity contribution in [1.29, 1.82) is 0 Å². The van der Waals surface area contributed by atoms with Crippen LogP contribution in [0.15, 0.2) is 23.3 Å². The van der Waals surface area contributed by atoms with Gasteiger partial charge in [-0.25, -0.2) is 0 Å². The molecule has 0 spiro atoms. The van der Waals surface area contributed by atoms with Gasteiger partial charge in [0.15, 0.2) is 5.96 Å². The van der Waals surface area contributed by atoms with Gasteiger partial charge in [0.25, 0.3) is 0 Å². The summed E-state index contributed by atoms with van der Waals surface area (Å²) in [4.78, 5) is 4.36. The summed E-state index contributed by atoms with van der Waals surface area (Å²) < 4.78 is 4.37. The number of nitrogens with one attached hydrogen (secondary N) is 2. The van der Waals surface area contributed by atoms with E-state index in [-0.39, 0.29) is 24.0 Å². The quantitative estimate of drug-likeness (QED) is 0.419. The fourth-order valence-electron chi connectivity index (χ4n) is 3.14. The van der Waals surface area contributed by atoms with Crippen LogP contribution >= 0.6 is 24.0 Å². The molecule has 2 aromatic rings. The molecule has 1 unspecified atom stereocenters. The molecular weight excluding hydrogens is 429 g/mol. The van der Waals surface area contributed by atoms with Gasteiger partial charge in [-0.2, -0.15) is 0 Å². The molecule has 0 bridgehead atoms. The summed E-state index contributed by atoms with van der Waals surface area (Å²) in [5, 5.41) is 15.6. The summed E-state index contributed by atoms with van der Waals surface area (Å²) in [7, 11) is 3.86. The van der Waals surface area contributed by atoms with E-state index in [0.717, 1.165) is 43.5 Å². The molecule has 0 saturated heterocycles. The van der Waals surface area contributed by atoms with Gasteiger partial charge in [0, 0.05) is 50.9 Å². The van der Waals surface area contributed by atoms with Crippen LogP contribution in [0.1, 0.15) is 43.5 Å². The van der Waals surface area contributed by atoms with Crippen LogP contribution in [-0.4, -0.2) is 38.4 Å². The zero-order valence-corrected chi connectivity index (χ0v) is 17.7. The highest BCUT2D eigenvalue weighted by Gasteiger charge is 2.24. The van der Waals surface area contributed by atoms with Crippen LogP contribution in [0.25, 0.3) is 0 Å². The van der Waals surface area contributed by atoms with Crippen LogP contribution < -0.4 is 10.6 Å². The molecule has 0 radical (unpaired) electrons. The highest BCUT2D eigenvalue weighted by Crippen LogP contribution is 2.20. The fraction of sp³-hybridized carbons (Fsp3) is 0.588. The maximum absolute atomic E-state index is 4.36. The Bertz CT molecular complexity index is 716. The lowest BCUT2D eigenvalue weighted by Gasteiger charge is -2.27. The molecule has 0 aromatic carbocycles.